The van der Waals surface area contributed by atoms with Crippen molar-refractivity contribution in [3.8, 4) is 5.75 Å². The molecule has 9 nitrogen and oxygen atoms in total. The van der Waals surface area contributed by atoms with Gasteiger partial charge in [0.1, 0.15) is 18.2 Å². The van der Waals surface area contributed by atoms with Crippen LogP contribution in [-0.2, 0) is 27.5 Å². The van der Waals surface area contributed by atoms with Gasteiger partial charge < -0.3 is 25.8 Å². The van der Waals surface area contributed by atoms with E-state index in [1.54, 1.807) is 11.0 Å². The molecule has 1 amide bonds. The van der Waals surface area contributed by atoms with Crippen LogP contribution in [0.3, 0.4) is 0 Å². The van der Waals surface area contributed by atoms with Gasteiger partial charge in [-0.05, 0) is 17.7 Å². The second-order valence-electron chi connectivity index (χ2n) is 6.27. The number of likely N-dealkylation sites (tertiary alicyclic amines) is 1. The molecule has 0 saturated carbocycles. The average Bonchev–Trinajstić information content (AvgIpc) is 3.01. The molecule has 1 aliphatic heterocycles. The van der Waals surface area contributed by atoms with Crippen molar-refractivity contribution < 1.29 is 19.1 Å². The molecule has 2 aromatic rings. The van der Waals surface area contributed by atoms with Gasteiger partial charge in [0.05, 0.1) is 18.6 Å². The molecule has 3 rings (SSSR count). The van der Waals surface area contributed by atoms with Gasteiger partial charge in [-0.1, -0.05) is 12.1 Å². The fourth-order valence-corrected chi connectivity index (χ4v) is 2.91. The number of anilines is 2. The largest absolute Gasteiger partial charge is 0.489 e. The van der Waals surface area contributed by atoms with Gasteiger partial charge >= 0.3 is 5.97 Å². The number of amides is 1. The van der Waals surface area contributed by atoms with E-state index >= 15 is 0 Å². The zero-order valence-corrected chi connectivity index (χ0v) is 14.9. The zero-order valence-electron chi connectivity index (χ0n) is 14.9. The Morgan fingerprint density at radius 2 is 2.19 bits per heavy atom. The van der Waals surface area contributed by atoms with Crippen LogP contribution in [0.25, 0.3) is 0 Å². The third-order valence-corrected chi connectivity index (χ3v) is 4.33. The molecular weight excluding hydrogens is 350 g/mol. The minimum atomic E-state index is -0.407. The molecule has 1 unspecified atom stereocenters. The van der Waals surface area contributed by atoms with Crippen LogP contribution in [0.5, 0.6) is 5.75 Å². The van der Waals surface area contributed by atoms with Crippen LogP contribution in [0.2, 0.25) is 0 Å². The highest BCUT2D eigenvalue weighted by Gasteiger charge is 2.34. The summed E-state index contributed by atoms with van der Waals surface area (Å²) in [6, 6.07) is 7.38. The van der Waals surface area contributed by atoms with E-state index in [4.69, 9.17) is 20.9 Å². The lowest BCUT2D eigenvalue weighted by molar-refractivity contribution is -0.145. The lowest BCUT2D eigenvalue weighted by Crippen LogP contribution is -2.26. The van der Waals surface area contributed by atoms with E-state index < -0.39 is 5.92 Å². The normalized spacial score (nSPS) is 16.4. The third-order valence-electron chi connectivity index (χ3n) is 4.33. The summed E-state index contributed by atoms with van der Waals surface area (Å²) in [4.78, 5) is 33.2. The summed E-state index contributed by atoms with van der Waals surface area (Å²) in [6.45, 7) is 0.954. The average molecular weight is 371 g/mol. The van der Waals surface area contributed by atoms with Gasteiger partial charge in [-0.2, -0.15) is 4.98 Å². The number of methoxy groups -OCH3 is 1. The van der Waals surface area contributed by atoms with E-state index in [-0.39, 0.29) is 36.7 Å². The van der Waals surface area contributed by atoms with Crippen molar-refractivity contribution in [2.24, 2.45) is 5.92 Å². The second-order valence-corrected chi connectivity index (χ2v) is 6.27. The van der Waals surface area contributed by atoms with Crippen LogP contribution in [0, 0.1) is 5.92 Å². The Morgan fingerprint density at radius 1 is 1.37 bits per heavy atom. The highest BCUT2D eigenvalue weighted by atomic mass is 16.5. The number of carbonyl (C=O) groups excluding carboxylic acids is 2. The fourth-order valence-electron chi connectivity index (χ4n) is 2.91. The Morgan fingerprint density at radius 3 is 2.93 bits per heavy atom. The molecule has 0 bridgehead atoms. The number of rotatable bonds is 6. The predicted molar refractivity (Wildman–Crippen MR) is 97.2 cm³/mol. The predicted octanol–water partition coefficient (Wildman–Crippen LogP) is 0.742. The van der Waals surface area contributed by atoms with Crippen molar-refractivity contribution in [1.29, 1.82) is 0 Å². The summed E-state index contributed by atoms with van der Waals surface area (Å²) < 4.78 is 10.5. The topological polar surface area (TPSA) is 134 Å². The molecule has 4 N–H and O–H groups in total. The molecule has 1 aromatic heterocycles. The maximum absolute atomic E-state index is 12.1. The van der Waals surface area contributed by atoms with E-state index in [0.717, 1.165) is 5.56 Å². The maximum atomic E-state index is 12.1. The number of nitrogens with zero attached hydrogens (tertiary/aromatic N) is 3. The Labute approximate surface area is 156 Å². The van der Waals surface area contributed by atoms with E-state index in [9.17, 15) is 9.59 Å². The molecule has 1 saturated heterocycles. The number of benzene rings is 1. The lowest BCUT2D eigenvalue weighted by atomic mass is 10.1. The number of aromatic nitrogens is 2. The smallest absolute Gasteiger partial charge is 0.310 e. The molecule has 1 atom stereocenters. The van der Waals surface area contributed by atoms with E-state index in [2.05, 4.69) is 9.97 Å². The molecule has 1 aromatic carbocycles. The highest BCUT2D eigenvalue weighted by molar-refractivity contribution is 5.86. The number of carbonyl (C=O) groups is 2. The first-order valence-electron chi connectivity index (χ1n) is 8.40. The van der Waals surface area contributed by atoms with E-state index in [1.165, 1.54) is 13.3 Å². The van der Waals surface area contributed by atoms with Crippen LogP contribution in [0.4, 0.5) is 11.8 Å². The SMILES string of the molecule is COC(=O)C1CC(=O)N(Cc2cccc(OCc3cnc(N)nc3N)c2)C1. The molecule has 27 heavy (non-hydrogen) atoms. The summed E-state index contributed by atoms with van der Waals surface area (Å²) in [5.41, 5.74) is 12.8. The standard InChI is InChI=1S/C18H21N5O4/c1-26-17(25)12-6-15(24)23(9-12)8-11-3-2-4-14(5-11)27-10-13-7-21-18(20)22-16(13)19/h2-5,7,12H,6,8-10H2,1H3,(H4,19,20,21,22). The highest BCUT2D eigenvalue weighted by Crippen LogP contribution is 2.23. The second kappa shape index (κ2) is 7.90. The van der Waals surface area contributed by atoms with Gasteiger partial charge in [0.2, 0.25) is 11.9 Å². The Hall–Kier alpha value is -3.36. The molecule has 0 radical (unpaired) electrons. The van der Waals surface area contributed by atoms with Crippen molar-refractivity contribution in [1.82, 2.24) is 14.9 Å². The van der Waals surface area contributed by atoms with Crippen molar-refractivity contribution >= 4 is 23.6 Å². The number of hydrogen-bond donors (Lipinski definition) is 2. The maximum Gasteiger partial charge on any atom is 0.310 e. The molecule has 142 valence electrons. The first-order chi connectivity index (χ1) is 13.0. The summed E-state index contributed by atoms with van der Waals surface area (Å²) in [7, 11) is 1.33. The molecule has 0 aliphatic carbocycles. The molecule has 1 aliphatic rings. The van der Waals surface area contributed by atoms with Crippen molar-refractivity contribution in [2.45, 2.75) is 19.6 Å². The number of hydrogen-bond acceptors (Lipinski definition) is 8. The summed E-state index contributed by atoms with van der Waals surface area (Å²) in [5, 5.41) is 0. The summed E-state index contributed by atoms with van der Waals surface area (Å²) in [6.07, 6.45) is 1.71. The number of nitrogens with two attached hydrogens (primary N) is 2. The minimum Gasteiger partial charge on any atom is -0.489 e. The van der Waals surface area contributed by atoms with E-state index in [0.29, 0.717) is 24.4 Å². The van der Waals surface area contributed by atoms with Gasteiger partial charge in [0.15, 0.2) is 0 Å². The first kappa shape index (κ1) is 18.4. The third kappa shape index (κ3) is 4.43. The first-order valence-corrected chi connectivity index (χ1v) is 8.40. The van der Waals surface area contributed by atoms with Gasteiger partial charge in [0.25, 0.3) is 0 Å². The number of nitrogen functional groups attached to an aromatic ring is 2. The number of esters is 1. The molecule has 1 fully saturated rings. The van der Waals surface area contributed by atoms with Crippen LogP contribution < -0.4 is 16.2 Å². The molecule has 0 spiro atoms. The van der Waals surface area contributed by atoms with E-state index in [1.807, 2.05) is 18.2 Å². The number of ether oxygens (including phenoxy) is 2. The molecule has 9 heteroatoms. The Kier molecular flexibility index (Phi) is 5.39. The van der Waals surface area contributed by atoms with Crippen LogP contribution in [-0.4, -0.2) is 40.4 Å². The van der Waals surface area contributed by atoms with Crippen LogP contribution in [0.15, 0.2) is 30.5 Å². The summed E-state index contributed by atoms with van der Waals surface area (Å²) >= 11 is 0. The molecule has 2 heterocycles. The Balaban J connectivity index is 1.62. The lowest BCUT2D eigenvalue weighted by Gasteiger charge is -2.17. The van der Waals surface area contributed by atoms with Gasteiger partial charge in [-0.15, -0.1) is 0 Å². The van der Waals surface area contributed by atoms with Crippen LogP contribution >= 0.6 is 0 Å². The van der Waals surface area contributed by atoms with Crippen molar-refractivity contribution in [2.75, 3.05) is 25.1 Å². The van der Waals surface area contributed by atoms with Crippen LogP contribution in [0.1, 0.15) is 17.5 Å². The quantitative estimate of drug-likeness (QED) is 0.710. The van der Waals surface area contributed by atoms with Gasteiger partial charge in [-0.25, -0.2) is 4.98 Å². The van der Waals surface area contributed by atoms with Crippen molar-refractivity contribution in [3.63, 3.8) is 0 Å². The summed E-state index contributed by atoms with van der Waals surface area (Å²) in [5.74, 6) is 0.180. The van der Waals surface area contributed by atoms with Gasteiger partial charge in [0, 0.05) is 25.7 Å². The van der Waals surface area contributed by atoms with Gasteiger partial charge in [-0.3, -0.25) is 9.59 Å². The Bertz CT molecular complexity index is 857. The minimum absolute atomic E-state index is 0.0662. The van der Waals surface area contributed by atoms with Crippen molar-refractivity contribution in [3.05, 3.63) is 41.6 Å². The molecular formula is C18H21N5O4. The zero-order chi connectivity index (χ0) is 19.4. The fraction of sp³-hybridized carbons (Fsp3) is 0.333. The monoisotopic (exact) mass is 371 g/mol.